The number of hydrogen-bond acceptors (Lipinski definition) is 3. The fraction of sp³-hybridized carbons (Fsp3) is 0.583. The highest BCUT2D eigenvalue weighted by molar-refractivity contribution is 5.77. The molecule has 0 saturated carbocycles. The number of nitrogens with zero attached hydrogens (tertiary/aromatic N) is 2. The molecular formula is C12H16F3N3O3. The van der Waals surface area contributed by atoms with E-state index in [1.807, 2.05) is 0 Å². The number of carboxylic acids is 1. The number of nitrogens with one attached hydrogen (secondary N) is 1. The lowest BCUT2D eigenvalue weighted by molar-refractivity contribution is -0.143. The highest BCUT2D eigenvalue weighted by Crippen LogP contribution is 2.30. The Morgan fingerprint density at radius 2 is 2.10 bits per heavy atom. The Labute approximate surface area is 118 Å². The first-order chi connectivity index (χ1) is 9.65. The predicted molar refractivity (Wildman–Crippen MR) is 66.4 cm³/mol. The van der Waals surface area contributed by atoms with Crippen LogP contribution in [0.5, 0.6) is 0 Å². The van der Waals surface area contributed by atoms with Crippen LogP contribution in [0.4, 0.5) is 13.2 Å². The van der Waals surface area contributed by atoms with Crippen LogP contribution in [0.15, 0.2) is 6.20 Å². The summed E-state index contributed by atoms with van der Waals surface area (Å²) in [7, 11) is 0. The summed E-state index contributed by atoms with van der Waals surface area (Å²) in [6, 6.07) is 0. The molecular weight excluding hydrogens is 291 g/mol. The molecule has 9 heteroatoms. The lowest BCUT2D eigenvalue weighted by Gasteiger charge is -2.11. The summed E-state index contributed by atoms with van der Waals surface area (Å²) in [6.45, 7) is 2.45. The van der Waals surface area contributed by atoms with Gasteiger partial charge in [0.05, 0.1) is 5.92 Å². The molecule has 1 aromatic rings. The second kappa shape index (κ2) is 6.59. The third-order valence-corrected chi connectivity index (χ3v) is 2.91. The van der Waals surface area contributed by atoms with Crippen LogP contribution in [0.2, 0.25) is 0 Å². The second-order valence-corrected chi connectivity index (χ2v) is 4.60. The first-order valence-corrected chi connectivity index (χ1v) is 6.25. The Morgan fingerprint density at radius 3 is 2.52 bits per heavy atom. The van der Waals surface area contributed by atoms with Gasteiger partial charge in [-0.05, 0) is 18.9 Å². The summed E-state index contributed by atoms with van der Waals surface area (Å²) in [6.07, 6.45) is -3.10. The van der Waals surface area contributed by atoms with E-state index in [2.05, 4.69) is 10.4 Å². The van der Waals surface area contributed by atoms with Crippen molar-refractivity contribution in [1.29, 1.82) is 0 Å². The number of carbonyl (C=O) groups excluding carboxylic acids is 1. The lowest BCUT2D eigenvalue weighted by Crippen LogP contribution is -2.34. The van der Waals surface area contributed by atoms with Gasteiger partial charge < -0.3 is 10.4 Å². The van der Waals surface area contributed by atoms with Crippen molar-refractivity contribution in [2.24, 2.45) is 5.92 Å². The minimum atomic E-state index is -4.57. The number of halogens is 3. The fourth-order valence-electron chi connectivity index (χ4n) is 1.73. The summed E-state index contributed by atoms with van der Waals surface area (Å²) in [5, 5.41) is 14.5. The maximum atomic E-state index is 12.5. The van der Waals surface area contributed by atoms with Gasteiger partial charge >= 0.3 is 12.1 Å². The number of hydrogen-bond donors (Lipinski definition) is 2. The summed E-state index contributed by atoms with van der Waals surface area (Å²) >= 11 is 0. The highest BCUT2D eigenvalue weighted by Gasteiger charge is 2.36. The fourth-order valence-corrected chi connectivity index (χ4v) is 1.73. The molecule has 118 valence electrons. The average molecular weight is 307 g/mol. The van der Waals surface area contributed by atoms with Gasteiger partial charge in [0.15, 0.2) is 5.69 Å². The van der Waals surface area contributed by atoms with Crippen LogP contribution >= 0.6 is 0 Å². The maximum Gasteiger partial charge on any atom is 0.435 e. The molecule has 0 aromatic carbocycles. The molecule has 1 unspecified atom stereocenters. The van der Waals surface area contributed by atoms with Crippen LogP contribution in [0.1, 0.15) is 24.6 Å². The summed E-state index contributed by atoms with van der Waals surface area (Å²) < 4.78 is 38.5. The van der Waals surface area contributed by atoms with Crippen LogP contribution in [0.3, 0.4) is 0 Å². The Hall–Kier alpha value is -2.06. The molecule has 1 atom stereocenters. The van der Waals surface area contributed by atoms with Gasteiger partial charge in [0.2, 0.25) is 5.91 Å². The van der Waals surface area contributed by atoms with Crippen molar-refractivity contribution in [3.05, 3.63) is 17.5 Å². The highest BCUT2D eigenvalue weighted by atomic mass is 19.4. The molecule has 1 heterocycles. The normalized spacial score (nSPS) is 13.0. The smallest absolute Gasteiger partial charge is 0.435 e. The van der Waals surface area contributed by atoms with E-state index in [-0.39, 0.29) is 12.1 Å². The summed E-state index contributed by atoms with van der Waals surface area (Å²) in [5.41, 5.74) is -1.11. The second-order valence-electron chi connectivity index (χ2n) is 4.60. The van der Waals surface area contributed by atoms with E-state index < -0.39 is 36.2 Å². The van der Waals surface area contributed by atoms with Crippen molar-refractivity contribution in [2.75, 3.05) is 6.54 Å². The van der Waals surface area contributed by atoms with E-state index >= 15 is 0 Å². The van der Waals surface area contributed by atoms with Crippen molar-refractivity contribution < 1.29 is 27.9 Å². The third kappa shape index (κ3) is 4.76. The largest absolute Gasteiger partial charge is 0.481 e. The molecule has 0 fully saturated rings. The van der Waals surface area contributed by atoms with Crippen LogP contribution in [-0.2, 0) is 22.3 Å². The number of aromatic nitrogens is 2. The number of alkyl halides is 3. The van der Waals surface area contributed by atoms with Gasteiger partial charge in [-0.1, -0.05) is 6.92 Å². The topological polar surface area (TPSA) is 84.2 Å². The standard InChI is InChI=1S/C12H16F3N3O3/c1-3-8(11(20)21)4-16-9(19)6-18-5-7(2)10(17-18)12(13,14)15/h5,8H,3-4,6H2,1-2H3,(H,16,19)(H,20,21). The van der Waals surface area contributed by atoms with Crippen LogP contribution in [-0.4, -0.2) is 33.3 Å². The zero-order valence-corrected chi connectivity index (χ0v) is 11.6. The Balaban J connectivity index is 2.62. The van der Waals surface area contributed by atoms with E-state index in [1.54, 1.807) is 6.92 Å². The average Bonchev–Trinajstić information content (AvgIpc) is 2.70. The zero-order chi connectivity index (χ0) is 16.2. The molecule has 1 rings (SSSR count). The lowest BCUT2D eigenvalue weighted by atomic mass is 10.1. The van der Waals surface area contributed by atoms with Crippen molar-refractivity contribution in [1.82, 2.24) is 15.1 Å². The van der Waals surface area contributed by atoms with Crippen molar-refractivity contribution >= 4 is 11.9 Å². The van der Waals surface area contributed by atoms with Gasteiger partial charge in [-0.3, -0.25) is 14.3 Å². The third-order valence-electron chi connectivity index (χ3n) is 2.91. The van der Waals surface area contributed by atoms with E-state index in [1.165, 1.54) is 6.92 Å². The SMILES string of the molecule is CCC(CNC(=O)Cn1cc(C)c(C(F)(F)F)n1)C(=O)O. The van der Waals surface area contributed by atoms with Gasteiger partial charge in [-0.25, -0.2) is 0 Å². The molecule has 6 nitrogen and oxygen atoms in total. The monoisotopic (exact) mass is 307 g/mol. The molecule has 0 spiro atoms. The molecule has 0 saturated heterocycles. The number of rotatable bonds is 6. The molecule has 0 bridgehead atoms. The molecule has 0 aliphatic heterocycles. The molecule has 2 N–H and O–H groups in total. The zero-order valence-electron chi connectivity index (χ0n) is 11.6. The molecule has 1 amide bonds. The molecule has 0 aliphatic carbocycles. The minimum absolute atomic E-state index is 0.0724. The van der Waals surface area contributed by atoms with Crippen LogP contribution in [0.25, 0.3) is 0 Å². The molecule has 0 aliphatic rings. The summed E-state index contributed by atoms with van der Waals surface area (Å²) in [5.74, 6) is -2.35. The van der Waals surface area contributed by atoms with Gasteiger partial charge in [-0.2, -0.15) is 18.3 Å². The van der Waals surface area contributed by atoms with Gasteiger partial charge in [0.1, 0.15) is 6.54 Å². The first kappa shape index (κ1) is 17.0. The van der Waals surface area contributed by atoms with Crippen molar-refractivity contribution in [2.45, 2.75) is 33.0 Å². The van der Waals surface area contributed by atoms with E-state index in [4.69, 9.17) is 5.11 Å². The van der Waals surface area contributed by atoms with E-state index in [0.29, 0.717) is 6.42 Å². The number of carboxylic acid groups (broad SMARTS) is 1. The number of amides is 1. The van der Waals surface area contributed by atoms with Gasteiger partial charge in [0, 0.05) is 12.7 Å². The van der Waals surface area contributed by atoms with Gasteiger partial charge in [-0.15, -0.1) is 0 Å². The molecule has 21 heavy (non-hydrogen) atoms. The predicted octanol–water partition coefficient (Wildman–Crippen LogP) is 1.44. The Kier molecular flexibility index (Phi) is 5.34. The Bertz CT molecular complexity index is 526. The van der Waals surface area contributed by atoms with E-state index in [9.17, 15) is 22.8 Å². The number of carbonyl (C=O) groups is 2. The van der Waals surface area contributed by atoms with Gasteiger partial charge in [0.25, 0.3) is 0 Å². The minimum Gasteiger partial charge on any atom is -0.481 e. The molecule has 1 aromatic heterocycles. The van der Waals surface area contributed by atoms with E-state index in [0.717, 1.165) is 10.9 Å². The number of aryl methyl sites for hydroxylation is 1. The maximum absolute atomic E-state index is 12.5. The molecule has 0 radical (unpaired) electrons. The first-order valence-electron chi connectivity index (χ1n) is 6.25. The van der Waals surface area contributed by atoms with Crippen molar-refractivity contribution in [3.8, 4) is 0 Å². The quantitative estimate of drug-likeness (QED) is 0.833. The van der Waals surface area contributed by atoms with Crippen LogP contribution in [0, 0.1) is 12.8 Å². The summed E-state index contributed by atoms with van der Waals surface area (Å²) in [4.78, 5) is 22.3. The van der Waals surface area contributed by atoms with Crippen LogP contribution < -0.4 is 5.32 Å². The van der Waals surface area contributed by atoms with Crippen molar-refractivity contribution in [3.63, 3.8) is 0 Å². The Morgan fingerprint density at radius 1 is 1.48 bits per heavy atom. The number of aliphatic carboxylic acids is 1.